The van der Waals surface area contributed by atoms with E-state index >= 15 is 0 Å². The number of carbonyl (C=O) groups excluding carboxylic acids is 2. The molecule has 1 aliphatic heterocycles. The normalized spacial score (nSPS) is 41.7. The van der Waals surface area contributed by atoms with Gasteiger partial charge in [-0.05, 0) is 38.3 Å². The quantitative estimate of drug-likeness (QED) is 0.672. The first-order chi connectivity index (χ1) is 8.87. The van der Waals surface area contributed by atoms with Crippen LogP contribution in [0.1, 0.15) is 33.6 Å². The molecule has 0 bridgehead atoms. The molecular formula is C15H18O4. The molecule has 102 valence electrons. The van der Waals surface area contributed by atoms with Crippen molar-refractivity contribution >= 4 is 11.8 Å². The van der Waals surface area contributed by atoms with E-state index in [1.165, 1.54) is 6.08 Å². The third-order valence-electron chi connectivity index (χ3n) is 4.91. The molecule has 1 fully saturated rings. The van der Waals surface area contributed by atoms with Crippen molar-refractivity contribution < 1.29 is 19.4 Å². The molecule has 3 aliphatic rings. The first-order valence-corrected chi connectivity index (χ1v) is 6.73. The summed E-state index contributed by atoms with van der Waals surface area (Å²) in [5.41, 5.74) is 0.520. The van der Waals surface area contributed by atoms with Gasteiger partial charge in [0.1, 0.15) is 6.10 Å². The third-order valence-corrected chi connectivity index (χ3v) is 4.91. The van der Waals surface area contributed by atoms with Crippen molar-refractivity contribution in [2.24, 2.45) is 11.8 Å². The Balaban J connectivity index is 2.17. The first kappa shape index (κ1) is 12.6. The van der Waals surface area contributed by atoms with Gasteiger partial charge in [0.25, 0.3) is 0 Å². The van der Waals surface area contributed by atoms with Crippen LogP contribution in [0.15, 0.2) is 22.8 Å². The van der Waals surface area contributed by atoms with Crippen LogP contribution < -0.4 is 0 Å². The zero-order chi connectivity index (χ0) is 13.9. The minimum Gasteiger partial charge on any atom is -0.458 e. The van der Waals surface area contributed by atoms with Gasteiger partial charge in [-0.2, -0.15) is 0 Å². The number of hydrogen-bond acceptors (Lipinski definition) is 4. The van der Waals surface area contributed by atoms with Gasteiger partial charge in [-0.3, -0.25) is 9.59 Å². The molecule has 3 rings (SSSR count). The van der Waals surface area contributed by atoms with Gasteiger partial charge in [0.05, 0.1) is 5.92 Å². The second-order valence-corrected chi connectivity index (χ2v) is 5.96. The van der Waals surface area contributed by atoms with Crippen molar-refractivity contribution in [2.75, 3.05) is 0 Å². The van der Waals surface area contributed by atoms with Crippen molar-refractivity contribution in [1.29, 1.82) is 0 Å². The Kier molecular flexibility index (Phi) is 2.52. The Morgan fingerprint density at radius 2 is 2.05 bits per heavy atom. The molecule has 1 saturated heterocycles. The van der Waals surface area contributed by atoms with Crippen LogP contribution in [0.4, 0.5) is 0 Å². The molecule has 0 spiro atoms. The Morgan fingerprint density at radius 3 is 2.74 bits per heavy atom. The fraction of sp³-hybridized carbons (Fsp3) is 0.600. The molecule has 0 aromatic rings. The van der Waals surface area contributed by atoms with E-state index in [9.17, 15) is 14.7 Å². The molecule has 2 aliphatic carbocycles. The fourth-order valence-corrected chi connectivity index (χ4v) is 3.73. The maximum Gasteiger partial charge on any atom is 0.309 e. The molecule has 4 heteroatoms. The first-order valence-electron chi connectivity index (χ1n) is 6.73. The molecule has 4 nitrogen and oxygen atoms in total. The van der Waals surface area contributed by atoms with Gasteiger partial charge in [-0.1, -0.05) is 12.5 Å². The minimum absolute atomic E-state index is 0.0285. The molecular weight excluding hydrogens is 244 g/mol. The van der Waals surface area contributed by atoms with E-state index in [0.29, 0.717) is 11.1 Å². The van der Waals surface area contributed by atoms with Crippen LogP contribution in [0.3, 0.4) is 0 Å². The zero-order valence-electron chi connectivity index (χ0n) is 11.4. The number of esters is 1. The SMILES string of the molecule is CC1=CC(=O)C2=C(C)CC[C@H]3[C@@H](OC(=O)[C@@H]3C)[C@@]12O. The Bertz CT molecular complexity index is 542. The lowest BCUT2D eigenvalue weighted by Crippen LogP contribution is -2.47. The van der Waals surface area contributed by atoms with Crippen LogP contribution in [0.25, 0.3) is 0 Å². The molecule has 0 unspecified atom stereocenters. The second kappa shape index (κ2) is 3.79. The number of hydrogen-bond donors (Lipinski definition) is 1. The maximum atomic E-state index is 12.1. The topological polar surface area (TPSA) is 63.6 Å². The van der Waals surface area contributed by atoms with Crippen LogP contribution in [-0.4, -0.2) is 28.6 Å². The fourth-order valence-electron chi connectivity index (χ4n) is 3.73. The van der Waals surface area contributed by atoms with Crippen LogP contribution in [0.5, 0.6) is 0 Å². The predicted molar refractivity (Wildman–Crippen MR) is 68.2 cm³/mol. The van der Waals surface area contributed by atoms with Crippen LogP contribution >= 0.6 is 0 Å². The van der Waals surface area contributed by atoms with Gasteiger partial charge in [0, 0.05) is 11.5 Å². The monoisotopic (exact) mass is 262 g/mol. The summed E-state index contributed by atoms with van der Waals surface area (Å²) in [5.74, 6) is -0.660. The van der Waals surface area contributed by atoms with Crippen molar-refractivity contribution in [1.82, 2.24) is 0 Å². The summed E-state index contributed by atoms with van der Waals surface area (Å²) in [4.78, 5) is 23.9. The number of ether oxygens (including phenoxy) is 1. The standard InChI is InChI=1S/C15H18O4/c1-7-4-5-10-9(3)14(17)19-13(10)15(18)8(2)6-11(16)12(7)15/h6,9-10,13,18H,4-5H2,1-3H3/t9-,10-,13-,15-/m1/s1. The second-order valence-electron chi connectivity index (χ2n) is 5.96. The van der Waals surface area contributed by atoms with Crippen molar-refractivity contribution in [3.63, 3.8) is 0 Å². The van der Waals surface area contributed by atoms with Crippen molar-refractivity contribution in [3.05, 3.63) is 22.8 Å². The lowest BCUT2D eigenvalue weighted by molar-refractivity contribution is -0.150. The summed E-state index contributed by atoms with van der Waals surface area (Å²) in [5, 5.41) is 11.1. The van der Waals surface area contributed by atoms with Crippen molar-refractivity contribution in [2.45, 2.75) is 45.3 Å². The number of aliphatic hydroxyl groups is 1. The van der Waals surface area contributed by atoms with Gasteiger partial charge in [0.2, 0.25) is 0 Å². The predicted octanol–water partition coefficient (Wildman–Crippen LogP) is 1.53. The van der Waals surface area contributed by atoms with Crippen LogP contribution in [0.2, 0.25) is 0 Å². The van der Waals surface area contributed by atoms with Gasteiger partial charge in [-0.15, -0.1) is 0 Å². The smallest absolute Gasteiger partial charge is 0.309 e. The summed E-state index contributed by atoms with van der Waals surface area (Å²) in [7, 11) is 0. The number of fused-ring (bicyclic) bond motifs is 3. The molecule has 0 radical (unpaired) electrons. The zero-order valence-corrected chi connectivity index (χ0v) is 11.4. The van der Waals surface area contributed by atoms with Gasteiger partial charge < -0.3 is 9.84 Å². The summed E-state index contributed by atoms with van der Waals surface area (Å²) in [6, 6.07) is 0. The van der Waals surface area contributed by atoms with E-state index in [0.717, 1.165) is 18.4 Å². The van der Waals surface area contributed by atoms with Crippen LogP contribution in [0, 0.1) is 11.8 Å². The maximum absolute atomic E-state index is 12.1. The van der Waals surface area contributed by atoms with Gasteiger partial charge in [-0.25, -0.2) is 0 Å². The lowest BCUT2D eigenvalue weighted by Gasteiger charge is -2.33. The summed E-state index contributed by atoms with van der Waals surface area (Å²) >= 11 is 0. The highest BCUT2D eigenvalue weighted by atomic mass is 16.6. The van der Waals surface area contributed by atoms with E-state index in [1.54, 1.807) is 6.92 Å². The Hall–Kier alpha value is -1.42. The van der Waals surface area contributed by atoms with Gasteiger partial charge in [0.15, 0.2) is 11.4 Å². The van der Waals surface area contributed by atoms with E-state index in [4.69, 9.17) is 4.74 Å². The highest BCUT2D eigenvalue weighted by Gasteiger charge is 2.59. The van der Waals surface area contributed by atoms with E-state index in [2.05, 4.69) is 0 Å². The number of ketones is 1. The summed E-state index contributed by atoms with van der Waals surface area (Å²) < 4.78 is 5.43. The Labute approximate surface area is 112 Å². The Morgan fingerprint density at radius 1 is 1.37 bits per heavy atom. The van der Waals surface area contributed by atoms with Crippen molar-refractivity contribution in [3.8, 4) is 0 Å². The van der Waals surface area contributed by atoms with E-state index in [1.807, 2.05) is 13.8 Å². The molecule has 4 atom stereocenters. The average molecular weight is 262 g/mol. The molecule has 0 aromatic heterocycles. The largest absolute Gasteiger partial charge is 0.458 e. The number of allylic oxidation sites excluding steroid dienone is 2. The molecule has 1 N–H and O–H groups in total. The molecule has 0 saturated carbocycles. The summed E-state index contributed by atoms with van der Waals surface area (Å²) in [6.45, 7) is 5.46. The lowest BCUT2D eigenvalue weighted by atomic mass is 9.77. The molecule has 1 heterocycles. The molecule has 19 heavy (non-hydrogen) atoms. The van der Waals surface area contributed by atoms with E-state index in [-0.39, 0.29) is 23.6 Å². The number of rotatable bonds is 0. The van der Waals surface area contributed by atoms with Crippen LogP contribution in [-0.2, 0) is 14.3 Å². The average Bonchev–Trinajstić information content (AvgIpc) is 2.70. The highest BCUT2D eigenvalue weighted by Crippen LogP contribution is 2.50. The minimum atomic E-state index is -1.41. The van der Waals surface area contributed by atoms with Gasteiger partial charge >= 0.3 is 5.97 Å². The molecule has 0 aromatic carbocycles. The molecule has 0 amide bonds. The highest BCUT2D eigenvalue weighted by molar-refractivity contribution is 6.11. The summed E-state index contributed by atoms with van der Waals surface area (Å²) in [6.07, 6.45) is 2.35. The number of carbonyl (C=O) groups is 2. The third kappa shape index (κ3) is 1.43. The van der Waals surface area contributed by atoms with E-state index < -0.39 is 11.7 Å².